The van der Waals surface area contributed by atoms with Crippen molar-refractivity contribution in [3.05, 3.63) is 167 Å². The minimum Gasteiger partial charge on any atom is -0.508 e. The molecule has 2 nitrogen and oxygen atoms in total. The van der Waals surface area contributed by atoms with Gasteiger partial charge in [0.15, 0.2) is 0 Å². The number of hydrogen-bond donors (Lipinski definition) is 2. The van der Waals surface area contributed by atoms with Crippen LogP contribution in [-0.4, -0.2) is 10.2 Å². The fraction of sp³-hybridized carbons (Fsp3) is 0.191. The van der Waals surface area contributed by atoms with Crippen LogP contribution in [0.15, 0.2) is 133 Å². The molecule has 0 aliphatic heterocycles. The van der Waals surface area contributed by atoms with Crippen LogP contribution in [0.4, 0.5) is 0 Å². The minimum absolute atomic E-state index is 0. The average Bonchev–Trinajstić information content (AvgIpc) is 3.35. The molecule has 0 aromatic heterocycles. The van der Waals surface area contributed by atoms with E-state index in [-0.39, 0.29) is 29.5 Å². The summed E-state index contributed by atoms with van der Waals surface area (Å²) in [4.78, 5) is 0. The quantitative estimate of drug-likeness (QED) is 0.176. The van der Waals surface area contributed by atoms with Crippen LogP contribution in [0.25, 0.3) is 33.4 Å². The lowest BCUT2D eigenvalue weighted by atomic mass is 9.77. The normalized spacial score (nSPS) is 13.3. The zero-order valence-electron chi connectivity index (χ0n) is 29.1. The van der Waals surface area contributed by atoms with Gasteiger partial charge in [0.2, 0.25) is 0 Å². The predicted octanol–water partition coefficient (Wildman–Crippen LogP) is 12.6. The van der Waals surface area contributed by atoms with Crippen molar-refractivity contribution < 1.29 is 17.3 Å². The number of fused-ring (bicyclic) bond motifs is 3. The summed E-state index contributed by atoms with van der Waals surface area (Å²) >= 11 is 0. The maximum atomic E-state index is 9.77. The molecule has 49 heavy (non-hydrogen) atoms. The molecule has 0 unspecified atom stereocenters. The minimum atomic E-state index is -0.437. The van der Waals surface area contributed by atoms with E-state index in [0.717, 1.165) is 11.1 Å². The SMILES string of the molecule is CC#CC1(C)c2cc(-c3ccc(C(C)(C)c4ccc(O)cc4)cc3)ccc2-c2ccc(-c3ccc(C(C)(C)c4ccc(O)cc4)cc3)cc21.[HH].[HH].[HH].[HH].[HH]. The first-order chi connectivity index (χ1) is 23.4. The van der Waals surface area contributed by atoms with Crippen LogP contribution < -0.4 is 0 Å². The van der Waals surface area contributed by atoms with Crippen LogP contribution in [0.3, 0.4) is 0 Å². The van der Waals surface area contributed by atoms with Gasteiger partial charge in [-0.3, -0.25) is 0 Å². The van der Waals surface area contributed by atoms with Crippen molar-refractivity contribution in [1.29, 1.82) is 0 Å². The van der Waals surface area contributed by atoms with Gasteiger partial charge in [0.1, 0.15) is 11.5 Å². The van der Waals surface area contributed by atoms with Crippen molar-refractivity contribution >= 4 is 0 Å². The molecule has 0 fully saturated rings. The molecule has 7 rings (SSSR count). The summed E-state index contributed by atoms with van der Waals surface area (Å²) < 4.78 is 0. The molecule has 0 saturated carbocycles. The van der Waals surface area contributed by atoms with E-state index in [0.29, 0.717) is 0 Å². The Balaban J connectivity index is 0.00000202. The molecule has 0 heterocycles. The monoisotopic (exact) mass is 648 g/mol. The standard InChI is InChI=1S/C47H42O2.5H2/c1-7-28-47(6)43-29-33(31-8-14-35(15-9-31)45(2,3)37-18-22-39(48)23-19-37)12-26-41(43)42-27-13-34(30-44(42)47)32-10-16-36(17-11-32)46(4,5)38-20-24-40(49)25-21-38;;;;;/h8-27,29-30,48-49H,1-6H3;5*1H. The fourth-order valence-electron chi connectivity index (χ4n) is 7.52. The molecule has 1 aliphatic carbocycles. The van der Waals surface area contributed by atoms with Gasteiger partial charge in [-0.15, -0.1) is 5.92 Å². The van der Waals surface area contributed by atoms with Gasteiger partial charge in [-0.1, -0.05) is 131 Å². The highest BCUT2D eigenvalue weighted by Crippen LogP contribution is 2.51. The van der Waals surface area contributed by atoms with E-state index in [2.05, 4.69) is 131 Å². The van der Waals surface area contributed by atoms with Crippen molar-refractivity contribution in [2.75, 3.05) is 0 Å². The molecule has 0 atom stereocenters. The van der Waals surface area contributed by atoms with Gasteiger partial charge in [0, 0.05) is 18.0 Å². The molecular formula is C47H52O2. The van der Waals surface area contributed by atoms with E-state index >= 15 is 0 Å². The maximum absolute atomic E-state index is 9.77. The molecule has 2 heteroatoms. The highest BCUT2D eigenvalue weighted by molar-refractivity contribution is 5.87. The van der Waals surface area contributed by atoms with Crippen LogP contribution in [0.5, 0.6) is 11.5 Å². The Bertz CT molecular complexity index is 2100. The first-order valence-electron chi connectivity index (χ1n) is 17.0. The Morgan fingerprint density at radius 1 is 0.469 bits per heavy atom. The summed E-state index contributed by atoms with van der Waals surface area (Å²) in [6, 6.07) is 46.4. The van der Waals surface area contributed by atoms with Crippen molar-refractivity contribution in [3.8, 4) is 56.7 Å². The Morgan fingerprint density at radius 3 is 1.10 bits per heavy atom. The van der Waals surface area contributed by atoms with Gasteiger partial charge in [-0.2, -0.15) is 0 Å². The second-order valence-corrected chi connectivity index (χ2v) is 14.5. The van der Waals surface area contributed by atoms with E-state index in [4.69, 9.17) is 0 Å². The third kappa shape index (κ3) is 5.50. The summed E-state index contributed by atoms with van der Waals surface area (Å²) in [7, 11) is 0. The zero-order chi connectivity index (χ0) is 34.6. The zero-order valence-corrected chi connectivity index (χ0v) is 29.1. The molecule has 252 valence electrons. The molecule has 6 aromatic rings. The molecule has 6 aromatic carbocycles. The van der Waals surface area contributed by atoms with Crippen LogP contribution >= 0.6 is 0 Å². The number of phenols is 2. The first-order valence-corrected chi connectivity index (χ1v) is 17.0. The van der Waals surface area contributed by atoms with E-state index < -0.39 is 5.41 Å². The van der Waals surface area contributed by atoms with Crippen molar-refractivity contribution in [1.82, 2.24) is 0 Å². The second-order valence-electron chi connectivity index (χ2n) is 14.5. The summed E-state index contributed by atoms with van der Waals surface area (Å²) in [5, 5.41) is 19.5. The predicted molar refractivity (Wildman–Crippen MR) is 214 cm³/mol. The molecule has 1 aliphatic rings. The Hall–Kier alpha value is -5.52. The molecule has 0 amide bonds. The van der Waals surface area contributed by atoms with E-state index in [1.165, 1.54) is 55.6 Å². The third-order valence-corrected chi connectivity index (χ3v) is 10.8. The molecular weight excluding hydrogens is 597 g/mol. The fourth-order valence-corrected chi connectivity index (χ4v) is 7.52. The van der Waals surface area contributed by atoms with Crippen LogP contribution in [-0.2, 0) is 16.2 Å². The van der Waals surface area contributed by atoms with Crippen molar-refractivity contribution in [2.45, 2.75) is 57.8 Å². The molecule has 2 N–H and O–H groups in total. The topological polar surface area (TPSA) is 40.5 Å². The number of aromatic hydroxyl groups is 2. The van der Waals surface area contributed by atoms with Gasteiger partial charge >= 0.3 is 0 Å². The lowest BCUT2D eigenvalue weighted by Crippen LogP contribution is -2.19. The van der Waals surface area contributed by atoms with Gasteiger partial charge in [0.05, 0.1) is 5.41 Å². The van der Waals surface area contributed by atoms with E-state index in [1.54, 1.807) is 24.3 Å². The highest BCUT2D eigenvalue weighted by Gasteiger charge is 2.38. The molecule has 0 spiro atoms. The van der Waals surface area contributed by atoms with Crippen LogP contribution in [0.1, 0.15) is 82.1 Å². The maximum Gasteiger partial charge on any atom is 0.115 e. The molecule has 0 radical (unpaired) electrons. The average molecular weight is 649 g/mol. The number of phenolic OH excluding ortho intramolecular Hbond substituents is 2. The van der Waals surface area contributed by atoms with Gasteiger partial charge in [-0.25, -0.2) is 0 Å². The summed E-state index contributed by atoms with van der Waals surface area (Å²) in [5.74, 6) is 7.43. The van der Waals surface area contributed by atoms with Crippen molar-refractivity contribution in [3.63, 3.8) is 0 Å². The van der Waals surface area contributed by atoms with Crippen LogP contribution in [0.2, 0.25) is 0 Å². The first kappa shape index (κ1) is 32.0. The largest absolute Gasteiger partial charge is 0.508 e. The lowest BCUT2D eigenvalue weighted by molar-refractivity contribution is 0.474. The summed E-state index contributed by atoms with van der Waals surface area (Å²) in [5.41, 5.74) is 13.6. The van der Waals surface area contributed by atoms with Crippen molar-refractivity contribution in [2.24, 2.45) is 0 Å². The Kier molecular flexibility index (Phi) is 7.76. The number of hydrogen-bond acceptors (Lipinski definition) is 2. The molecule has 0 bridgehead atoms. The van der Waals surface area contributed by atoms with E-state index in [9.17, 15) is 10.2 Å². The van der Waals surface area contributed by atoms with Gasteiger partial charge in [0.25, 0.3) is 0 Å². The lowest BCUT2D eigenvalue weighted by Gasteiger charge is -2.26. The van der Waals surface area contributed by atoms with Crippen LogP contribution in [0, 0.1) is 11.8 Å². The second kappa shape index (κ2) is 11.9. The van der Waals surface area contributed by atoms with Gasteiger partial charge in [-0.05, 0) is 117 Å². The molecule has 0 saturated heterocycles. The van der Waals surface area contributed by atoms with E-state index in [1.807, 2.05) is 31.2 Å². The highest BCUT2D eigenvalue weighted by atomic mass is 16.3. The summed E-state index contributed by atoms with van der Waals surface area (Å²) in [6.45, 7) is 13.1. The van der Waals surface area contributed by atoms with Gasteiger partial charge < -0.3 is 10.2 Å². The number of benzene rings is 6. The Labute approximate surface area is 298 Å². The Morgan fingerprint density at radius 2 is 0.776 bits per heavy atom. The summed E-state index contributed by atoms with van der Waals surface area (Å²) in [6.07, 6.45) is 0. The number of rotatable bonds is 6. The third-order valence-electron chi connectivity index (χ3n) is 10.8. The smallest absolute Gasteiger partial charge is 0.115 e.